The van der Waals surface area contributed by atoms with Gasteiger partial charge in [0.2, 0.25) is 0 Å². The van der Waals surface area contributed by atoms with E-state index in [9.17, 15) is 0 Å². The van der Waals surface area contributed by atoms with E-state index < -0.39 is 0 Å². The highest BCUT2D eigenvalue weighted by Gasteiger charge is 2.09. The number of nitrogens with zero attached hydrogens (tertiary/aromatic N) is 2. The highest BCUT2D eigenvalue weighted by Crippen LogP contribution is 2.28. The van der Waals surface area contributed by atoms with Crippen LogP contribution in [0.4, 0.5) is 0 Å². The van der Waals surface area contributed by atoms with Crippen LogP contribution in [0.15, 0.2) is 22.9 Å². The fraction of sp³-hybridized carbons (Fsp3) is 0.300. The largest absolute Gasteiger partial charge is 0.328 e. The number of hydrogen-bond donors (Lipinski definition) is 0. The van der Waals surface area contributed by atoms with Gasteiger partial charge in [-0.25, -0.2) is 4.98 Å². The average molecular weight is 274 g/mol. The summed E-state index contributed by atoms with van der Waals surface area (Å²) in [5, 5.41) is 0.689. The maximum atomic E-state index is 6.07. The Balaban J connectivity index is 2.78. The lowest BCUT2D eigenvalue weighted by Gasteiger charge is -2.07. The number of benzene rings is 1. The summed E-state index contributed by atoms with van der Waals surface area (Å²) < 4.78 is 3.09. The summed E-state index contributed by atoms with van der Waals surface area (Å²) in [5.74, 6) is 0. The Kier molecular flexibility index (Phi) is 2.54. The van der Waals surface area contributed by atoms with Crippen molar-refractivity contribution in [1.29, 1.82) is 0 Å². The molecular formula is C10H10BrClN2. The molecule has 0 unspecified atom stereocenters. The van der Waals surface area contributed by atoms with Gasteiger partial charge >= 0.3 is 0 Å². The van der Waals surface area contributed by atoms with Gasteiger partial charge in [0.1, 0.15) is 5.52 Å². The smallest absolute Gasteiger partial charge is 0.107 e. The van der Waals surface area contributed by atoms with Crippen LogP contribution >= 0.6 is 27.5 Å². The third-order valence-electron chi connectivity index (χ3n) is 2.15. The van der Waals surface area contributed by atoms with Crippen molar-refractivity contribution in [2.45, 2.75) is 19.9 Å². The lowest BCUT2D eigenvalue weighted by Crippen LogP contribution is -1.97. The van der Waals surface area contributed by atoms with Crippen LogP contribution in [0.25, 0.3) is 11.0 Å². The molecule has 0 aliphatic rings. The van der Waals surface area contributed by atoms with E-state index in [1.54, 1.807) is 0 Å². The number of hydrogen-bond acceptors (Lipinski definition) is 1. The van der Waals surface area contributed by atoms with Crippen LogP contribution in [0.3, 0.4) is 0 Å². The van der Waals surface area contributed by atoms with Crippen molar-refractivity contribution in [3.8, 4) is 0 Å². The standard InChI is InChI=1S/C10H10BrClN2/c1-6(2)14-5-13-10-8(12)3-7(11)4-9(10)14/h3-6H,1-2H3. The molecule has 1 aromatic heterocycles. The van der Waals surface area contributed by atoms with Crippen molar-refractivity contribution < 1.29 is 0 Å². The summed E-state index contributed by atoms with van der Waals surface area (Å²) in [5.41, 5.74) is 1.93. The van der Waals surface area contributed by atoms with E-state index in [-0.39, 0.29) is 0 Å². The molecule has 14 heavy (non-hydrogen) atoms. The highest BCUT2D eigenvalue weighted by atomic mass is 79.9. The predicted octanol–water partition coefficient (Wildman–Crippen LogP) is 4.03. The van der Waals surface area contributed by atoms with Gasteiger partial charge in [-0.15, -0.1) is 0 Å². The number of fused-ring (bicyclic) bond motifs is 1. The van der Waals surface area contributed by atoms with Crippen LogP contribution in [-0.2, 0) is 0 Å². The fourth-order valence-corrected chi connectivity index (χ4v) is 2.31. The molecule has 0 amide bonds. The molecule has 2 nitrogen and oxygen atoms in total. The van der Waals surface area contributed by atoms with Crippen molar-refractivity contribution in [2.24, 2.45) is 0 Å². The predicted molar refractivity (Wildman–Crippen MR) is 62.8 cm³/mol. The highest BCUT2D eigenvalue weighted by molar-refractivity contribution is 9.10. The molecule has 2 rings (SSSR count). The van der Waals surface area contributed by atoms with E-state index >= 15 is 0 Å². The molecule has 0 radical (unpaired) electrons. The van der Waals surface area contributed by atoms with Crippen molar-refractivity contribution in [2.75, 3.05) is 0 Å². The molecule has 0 spiro atoms. The summed E-state index contributed by atoms with van der Waals surface area (Å²) in [6.07, 6.45) is 1.83. The zero-order chi connectivity index (χ0) is 10.3. The molecule has 0 atom stereocenters. The van der Waals surface area contributed by atoms with Crippen LogP contribution in [0, 0.1) is 0 Å². The third-order valence-corrected chi connectivity index (χ3v) is 2.90. The van der Waals surface area contributed by atoms with Crippen LogP contribution in [0.5, 0.6) is 0 Å². The SMILES string of the molecule is CC(C)n1cnc2c(Cl)cc(Br)cc21. The van der Waals surface area contributed by atoms with Crippen LogP contribution in [0.1, 0.15) is 19.9 Å². The van der Waals surface area contributed by atoms with E-state index in [4.69, 9.17) is 11.6 Å². The minimum absolute atomic E-state index is 0.394. The lowest BCUT2D eigenvalue weighted by molar-refractivity contribution is 0.617. The molecule has 0 bridgehead atoms. The number of halogens is 2. The van der Waals surface area contributed by atoms with Gasteiger partial charge in [-0.3, -0.25) is 0 Å². The minimum Gasteiger partial charge on any atom is -0.328 e. The number of aromatic nitrogens is 2. The zero-order valence-electron chi connectivity index (χ0n) is 7.96. The van der Waals surface area contributed by atoms with Crippen molar-refractivity contribution in [1.82, 2.24) is 9.55 Å². The first kappa shape index (κ1) is 9.99. The van der Waals surface area contributed by atoms with E-state index in [2.05, 4.69) is 39.3 Å². The van der Waals surface area contributed by atoms with Crippen molar-refractivity contribution in [3.05, 3.63) is 28.0 Å². The maximum Gasteiger partial charge on any atom is 0.107 e. The molecule has 2 aromatic rings. The minimum atomic E-state index is 0.394. The number of imidazole rings is 1. The maximum absolute atomic E-state index is 6.07. The second kappa shape index (κ2) is 3.55. The Morgan fingerprint density at radius 3 is 2.79 bits per heavy atom. The van der Waals surface area contributed by atoms with Crippen LogP contribution < -0.4 is 0 Å². The molecule has 0 aliphatic carbocycles. The van der Waals surface area contributed by atoms with Gasteiger partial charge in [0.05, 0.1) is 16.9 Å². The molecule has 0 saturated carbocycles. The fourth-order valence-electron chi connectivity index (χ4n) is 1.47. The van der Waals surface area contributed by atoms with Gasteiger partial charge in [-0.05, 0) is 26.0 Å². The Morgan fingerprint density at radius 2 is 2.14 bits per heavy atom. The van der Waals surface area contributed by atoms with Gasteiger partial charge < -0.3 is 4.57 Å². The lowest BCUT2D eigenvalue weighted by atomic mass is 10.3. The van der Waals surface area contributed by atoms with E-state index in [0.29, 0.717) is 11.1 Å². The molecule has 0 aliphatic heterocycles. The molecule has 74 valence electrons. The van der Waals surface area contributed by atoms with Crippen molar-refractivity contribution in [3.63, 3.8) is 0 Å². The van der Waals surface area contributed by atoms with Gasteiger partial charge in [0.15, 0.2) is 0 Å². The average Bonchev–Trinajstić information content (AvgIpc) is 2.47. The van der Waals surface area contributed by atoms with Crippen LogP contribution in [-0.4, -0.2) is 9.55 Å². The zero-order valence-corrected chi connectivity index (χ0v) is 10.3. The number of rotatable bonds is 1. The summed E-state index contributed by atoms with van der Waals surface area (Å²) in [6, 6.07) is 4.29. The van der Waals surface area contributed by atoms with Gasteiger partial charge in [-0.2, -0.15) is 0 Å². The molecule has 4 heteroatoms. The molecule has 0 fully saturated rings. The first-order valence-electron chi connectivity index (χ1n) is 4.41. The van der Waals surface area contributed by atoms with Gasteiger partial charge in [0, 0.05) is 10.5 Å². The van der Waals surface area contributed by atoms with Gasteiger partial charge in [-0.1, -0.05) is 27.5 Å². The molecule has 0 saturated heterocycles. The summed E-state index contributed by atoms with van der Waals surface area (Å²) >= 11 is 9.50. The summed E-state index contributed by atoms with van der Waals surface area (Å²) in [7, 11) is 0. The van der Waals surface area contributed by atoms with Gasteiger partial charge in [0.25, 0.3) is 0 Å². The quantitative estimate of drug-likeness (QED) is 0.767. The Morgan fingerprint density at radius 1 is 1.43 bits per heavy atom. The van der Waals surface area contributed by atoms with E-state index in [0.717, 1.165) is 15.5 Å². The molecule has 0 N–H and O–H groups in total. The Bertz CT molecular complexity index is 476. The topological polar surface area (TPSA) is 17.8 Å². The molecule has 1 aromatic carbocycles. The van der Waals surface area contributed by atoms with E-state index in [1.807, 2.05) is 18.5 Å². The van der Waals surface area contributed by atoms with E-state index in [1.165, 1.54) is 0 Å². The summed E-state index contributed by atoms with van der Waals surface area (Å²) in [4.78, 5) is 4.29. The summed E-state index contributed by atoms with van der Waals surface area (Å²) in [6.45, 7) is 4.24. The monoisotopic (exact) mass is 272 g/mol. The normalized spacial score (nSPS) is 11.5. The first-order valence-corrected chi connectivity index (χ1v) is 5.58. The second-order valence-electron chi connectivity index (χ2n) is 3.50. The Labute approximate surface area is 96.0 Å². The second-order valence-corrected chi connectivity index (χ2v) is 4.82. The third kappa shape index (κ3) is 1.55. The molecular weight excluding hydrogens is 263 g/mol. The first-order chi connectivity index (χ1) is 6.59. The molecule has 1 heterocycles. The Hall–Kier alpha value is -0.540. The van der Waals surface area contributed by atoms with Crippen molar-refractivity contribution >= 4 is 38.6 Å². The van der Waals surface area contributed by atoms with Crippen LogP contribution in [0.2, 0.25) is 5.02 Å².